The van der Waals surface area contributed by atoms with E-state index in [0.29, 0.717) is 13.2 Å². The van der Waals surface area contributed by atoms with Gasteiger partial charge in [-0.15, -0.1) is 0 Å². The fraction of sp³-hybridized carbons (Fsp3) is 0.684. The van der Waals surface area contributed by atoms with E-state index >= 15 is 0 Å². The molecular weight excluding hydrogens is 516 g/mol. The first-order chi connectivity index (χ1) is 20.6. The van der Waals surface area contributed by atoms with Gasteiger partial charge in [0.2, 0.25) is 0 Å². The van der Waals surface area contributed by atoms with Gasteiger partial charge in [0.15, 0.2) is 0 Å². The summed E-state index contributed by atoms with van der Waals surface area (Å²) in [5, 5.41) is 0. The van der Waals surface area contributed by atoms with Crippen molar-refractivity contribution in [2.24, 2.45) is 0 Å². The molecule has 0 aliphatic rings. The first-order valence-electron chi connectivity index (χ1n) is 17.3. The molecule has 0 fully saturated rings. The number of ether oxygens (including phenoxy) is 2. The second-order valence-corrected chi connectivity index (χ2v) is 12.4. The first kappa shape index (κ1) is 36.5. The number of hydrogen-bond acceptors (Lipinski definition) is 4. The number of nitrogens with zero attached hydrogens (tertiary/aromatic N) is 2. The summed E-state index contributed by atoms with van der Waals surface area (Å²) in [6, 6.07) is 17.6. The molecule has 0 heterocycles. The molecule has 238 valence electrons. The second kappa shape index (κ2) is 24.7. The average Bonchev–Trinajstić information content (AvgIpc) is 3.00. The molecule has 0 amide bonds. The summed E-state index contributed by atoms with van der Waals surface area (Å²) < 4.78 is 12.1. The third kappa shape index (κ3) is 18.1. The molecule has 0 N–H and O–H groups in total. The van der Waals surface area contributed by atoms with Crippen LogP contribution in [0.5, 0.6) is 0 Å². The number of unbranched alkanes of at least 4 members (excludes halogenated alkanes) is 10. The molecule has 0 unspecified atom stereocenters. The molecule has 42 heavy (non-hydrogen) atoms. The molecule has 0 spiro atoms. The van der Waals surface area contributed by atoms with Crippen molar-refractivity contribution in [3.63, 3.8) is 0 Å². The molecule has 4 nitrogen and oxygen atoms in total. The zero-order valence-corrected chi connectivity index (χ0v) is 27.9. The summed E-state index contributed by atoms with van der Waals surface area (Å²) in [6.45, 7) is 12.4. The van der Waals surface area contributed by atoms with Gasteiger partial charge in [0.1, 0.15) is 0 Å². The van der Waals surface area contributed by atoms with Crippen LogP contribution in [-0.4, -0.2) is 63.3 Å². The molecule has 0 saturated carbocycles. The molecule has 2 aromatic rings. The van der Waals surface area contributed by atoms with Crippen molar-refractivity contribution in [2.45, 2.75) is 117 Å². The molecular formula is C38H64N2O2. The lowest BCUT2D eigenvalue weighted by Gasteiger charge is -2.16. The Balaban J connectivity index is 1.59. The third-order valence-corrected chi connectivity index (χ3v) is 8.17. The molecule has 0 radical (unpaired) electrons. The Hall–Kier alpha value is -1.72. The highest BCUT2D eigenvalue weighted by molar-refractivity contribution is 5.64. The van der Waals surface area contributed by atoms with E-state index in [0.717, 1.165) is 26.1 Å². The maximum absolute atomic E-state index is 6.03. The lowest BCUT2D eigenvalue weighted by molar-refractivity contribution is 0.115. The molecule has 2 aromatic carbocycles. The number of hydrogen-bond donors (Lipinski definition) is 0. The topological polar surface area (TPSA) is 24.9 Å². The van der Waals surface area contributed by atoms with Crippen LogP contribution in [0.2, 0.25) is 0 Å². The van der Waals surface area contributed by atoms with Gasteiger partial charge in [-0.1, -0.05) is 102 Å². The van der Waals surface area contributed by atoms with Crippen LogP contribution in [0, 0.1) is 0 Å². The van der Waals surface area contributed by atoms with Crippen molar-refractivity contribution in [2.75, 3.05) is 53.5 Å². The quantitative estimate of drug-likeness (QED) is 0.0982. The predicted molar refractivity (Wildman–Crippen MR) is 182 cm³/mol. The highest BCUT2D eigenvalue weighted by Crippen LogP contribution is 2.22. The molecule has 0 aromatic heterocycles. The van der Waals surface area contributed by atoms with Crippen LogP contribution < -0.4 is 0 Å². The molecule has 0 aliphatic heterocycles. The van der Waals surface area contributed by atoms with E-state index in [-0.39, 0.29) is 0 Å². The van der Waals surface area contributed by atoms with Gasteiger partial charge < -0.3 is 19.3 Å². The summed E-state index contributed by atoms with van der Waals surface area (Å²) >= 11 is 0. The van der Waals surface area contributed by atoms with E-state index in [1.165, 1.54) is 125 Å². The Labute approximate surface area is 260 Å². The smallest absolute Gasteiger partial charge is 0.0717 e. The highest BCUT2D eigenvalue weighted by atomic mass is 16.5. The van der Waals surface area contributed by atoms with Crippen molar-refractivity contribution < 1.29 is 9.47 Å². The largest absolute Gasteiger partial charge is 0.377 e. The van der Waals surface area contributed by atoms with Crippen LogP contribution in [0.1, 0.15) is 115 Å². The summed E-state index contributed by atoms with van der Waals surface area (Å²) in [5.74, 6) is 0. The van der Waals surface area contributed by atoms with E-state index in [1.807, 2.05) is 0 Å². The molecule has 0 aliphatic carbocycles. The first-order valence-corrected chi connectivity index (χ1v) is 17.3. The second-order valence-electron chi connectivity index (χ2n) is 12.4. The zero-order chi connectivity index (χ0) is 30.1. The summed E-state index contributed by atoms with van der Waals surface area (Å²) in [5.41, 5.74) is 4.97. The van der Waals surface area contributed by atoms with Crippen LogP contribution in [0.15, 0.2) is 48.5 Å². The average molecular weight is 581 g/mol. The summed E-state index contributed by atoms with van der Waals surface area (Å²) in [6.07, 6.45) is 18.2. The number of benzene rings is 2. The lowest BCUT2D eigenvalue weighted by atomic mass is 10.0. The minimum absolute atomic E-state index is 0.679. The zero-order valence-electron chi connectivity index (χ0n) is 27.9. The predicted octanol–water partition coefficient (Wildman–Crippen LogP) is 9.75. The van der Waals surface area contributed by atoms with E-state index in [2.05, 4.69) is 86.3 Å². The van der Waals surface area contributed by atoms with Gasteiger partial charge in [0.05, 0.1) is 13.2 Å². The number of rotatable bonds is 27. The van der Waals surface area contributed by atoms with Gasteiger partial charge in [-0.2, -0.15) is 0 Å². The molecule has 2 rings (SSSR count). The Kier molecular flexibility index (Phi) is 21.4. The highest BCUT2D eigenvalue weighted by Gasteiger charge is 2.04. The Morgan fingerprint density at radius 1 is 0.476 bits per heavy atom. The van der Waals surface area contributed by atoms with Crippen molar-refractivity contribution >= 4 is 0 Å². The molecule has 0 saturated heterocycles. The maximum Gasteiger partial charge on any atom is 0.0717 e. The fourth-order valence-electron chi connectivity index (χ4n) is 5.43. The SMILES string of the molecule is CCCCCCCN(C)CCCCOCc1cccc(-c2cccc(COCCCCN(C)CCCCCCC)c2)c1. The fourth-order valence-corrected chi connectivity index (χ4v) is 5.43. The summed E-state index contributed by atoms with van der Waals surface area (Å²) in [7, 11) is 4.51. The standard InChI is InChI=1S/C38H64N2O2/c1-5-7-9-11-13-25-39(3)27-15-17-29-41-33-35-21-19-23-37(31-35)38-24-20-22-36(32-38)34-42-30-18-16-28-40(4)26-14-12-10-8-6-2/h19-24,31-32H,5-18,25-30,33-34H2,1-4H3. The molecule has 0 bridgehead atoms. The van der Waals surface area contributed by atoms with E-state index in [4.69, 9.17) is 9.47 Å². The Morgan fingerprint density at radius 3 is 1.26 bits per heavy atom. The van der Waals surface area contributed by atoms with Gasteiger partial charge >= 0.3 is 0 Å². The minimum Gasteiger partial charge on any atom is -0.377 e. The van der Waals surface area contributed by atoms with Crippen LogP contribution >= 0.6 is 0 Å². The van der Waals surface area contributed by atoms with Crippen molar-refractivity contribution in [3.8, 4) is 11.1 Å². The van der Waals surface area contributed by atoms with Crippen molar-refractivity contribution in [3.05, 3.63) is 59.7 Å². The van der Waals surface area contributed by atoms with Crippen LogP contribution in [0.25, 0.3) is 11.1 Å². The van der Waals surface area contributed by atoms with E-state index < -0.39 is 0 Å². The van der Waals surface area contributed by atoms with Gasteiger partial charge in [-0.25, -0.2) is 0 Å². The Bertz CT molecular complexity index is 829. The Morgan fingerprint density at radius 2 is 0.857 bits per heavy atom. The lowest BCUT2D eigenvalue weighted by Crippen LogP contribution is -2.21. The van der Waals surface area contributed by atoms with Crippen molar-refractivity contribution in [1.82, 2.24) is 9.80 Å². The van der Waals surface area contributed by atoms with E-state index in [1.54, 1.807) is 0 Å². The van der Waals surface area contributed by atoms with Gasteiger partial charge in [-0.3, -0.25) is 0 Å². The minimum atomic E-state index is 0.679. The normalized spacial score (nSPS) is 11.7. The monoisotopic (exact) mass is 580 g/mol. The summed E-state index contributed by atoms with van der Waals surface area (Å²) in [4.78, 5) is 4.96. The maximum atomic E-state index is 6.03. The van der Waals surface area contributed by atoms with Gasteiger partial charge in [-0.05, 0) is 113 Å². The van der Waals surface area contributed by atoms with Crippen molar-refractivity contribution in [1.29, 1.82) is 0 Å². The van der Waals surface area contributed by atoms with Crippen LogP contribution in [-0.2, 0) is 22.7 Å². The van der Waals surface area contributed by atoms with E-state index in [9.17, 15) is 0 Å². The van der Waals surface area contributed by atoms with Gasteiger partial charge in [0, 0.05) is 13.2 Å². The molecule has 0 atom stereocenters. The van der Waals surface area contributed by atoms with Gasteiger partial charge in [0.25, 0.3) is 0 Å². The third-order valence-electron chi connectivity index (χ3n) is 8.17. The molecule has 4 heteroatoms. The van der Waals surface area contributed by atoms with Crippen LogP contribution in [0.3, 0.4) is 0 Å². The van der Waals surface area contributed by atoms with Crippen LogP contribution in [0.4, 0.5) is 0 Å².